The molecular formula is C11H15F3O3Si. The summed E-state index contributed by atoms with van der Waals surface area (Å²) < 4.78 is 48.3. The number of benzene rings is 1. The van der Waals surface area contributed by atoms with Crippen molar-refractivity contribution < 1.29 is 26.8 Å². The molecule has 3 nitrogen and oxygen atoms in total. The largest absolute Gasteiger partial charge is 0.497 e. The first-order valence-electron chi connectivity index (χ1n) is 5.38. The smallest absolute Gasteiger partial charge is 0.390 e. The van der Waals surface area contributed by atoms with Crippen LogP contribution >= 0.6 is 0 Å². The molecule has 0 aromatic heterocycles. The average Bonchev–Trinajstić information content (AvgIpc) is 2.35. The Morgan fingerprint density at radius 1 is 1.11 bits per heavy atom. The molecule has 0 radical (unpaired) electrons. The van der Waals surface area contributed by atoms with Crippen LogP contribution < -0.4 is 0 Å². The van der Waals surface area contributed by atoms with E-state index in [1.165, 1.54) is 14.2 Å². The Kier molecular flexibility index (Phi) is 5.33. The highest BCUT2D eigenvalue weighted by Gasteiger charge is 2.33. The van der Waals surface area contributed by atoms with Gasteiger partial charge in [0.2, 0.25) is 0 Å². The third-order valence-electron chi connectivity index (χ3n) is 2.64. The van der Waals surface area contributed by atoms with Gasteiger partial charge in [-0.1, -0.05) is 0 Å². The molecule has 7 heteroatoms. The first-order valence-corrected chi connectivity index (χ1v) is 7.35. The van der Waals surface area contributed by atoms with Gasteiger partial charge < -0.3 is 13.6 Å². The fourth-order valence-corrected chi connectivity index (χ4v) is 2.75. The van der Waals surface area contributed by atoms with Crippen molar-refractivity contribution in [3.05, 3.63) is 35.1 Å². The third kappa shape index (κ3) is 3.81. The zero-order chi connectivity index (χ0) is 13.8. The van der Waals surface area contributed by atoms with Crippen LogP contribution in [0.25, 0.3) is 0 Å². The normalized spacial score (nSPS) is 11.9. The fourth-order valence-electron chi connectivity index (χ4n) is 1.56. The van der Waals surface area contributed by atoms with E-state index in [1.807, 2.05) is 0 Å². The Labute approximate surface area is 105 Å². The van der Waals surface area contributed by atoms with Crippen molar-refractivity contribution in [2.45, 2.75) is 18.9 Å². The maximum atomic E-state index is 12.9. The Morgan fingerprint density at radius 3 is 2.06 bits per heavy atom. The lowest BCUT2D eigenvalue weighted by Gasteiger charge is -2.19. The van der Waals surface area contributed by atoms with Crippen LogP contribution in [0.3, 0.4) is 0 Å². The van der Waals surface area contributed by atoms with E-state index in [-0.39, 0.29) is 6.04 Å². The molecule has 1 rings (SSSR count). The molecule has 0 unspecified atom stereocenters. The molecule has 0 heterocycles. The number of rotatable bonds is 6. The molecule has 102 valence electrons. The fraction of sp³-hybridized carbons (Fsp3) is 0.455. The van der Waals surface area contributed by atoms with Crippen molar-refractivity contribution >= 4 is 8.80 Å². The maximum absolute atomic E-state index is 12.9. The van der Waals surface area contributed by atoms with Gasteiger partial charge in [0.1, 0.15) is 0 Å². The Hall–Kier alpha value is -0.893. The Bertz CT molecular complexity index is 388. The molecule has 0 aliphatic rings. The van der Waals surface area contributed by atoms with Crippen molar-refractivity contribution in [1.29, 1.82) is 0 Å². The zero-order valence-corrected chi connectivity index (χ0v) is 11.2. The van der Waals surface area contributed by atoms with Crippen LogP contribution in [0.5, 0.6) is 0 Å². The standard InChI is InChI=1S/C11H15F3O3Si/c1-16-18(15,17-2)5-3-4-8-6-9(12)11(14)10(13)7-8/h6-7,15H,3-5H2,1-2H3. The quantitative estimate of drug-likeness (QED) is 0.641. The van der Waals surface area contributed by atoms with E-state index in [9.17, 15) is 18.0 Å². The van der Waals surface area contributed by atoms with Gasteiger partial charge >= 0.3 is 8.80 Å². The zero-order valence-electron chi connectivity index (χ0n) is 10.2. The van der Waals surface area contributed by atoms with Crippen molar-refractivity contribution in [3.63, 3.8) is 0 Å². The van der Waals surface area contributed by atoms with E-state index in [1.54, 1.807) is 0 Å². The first-order chi connectivity index (χ1) is 8.41. The lowest BCUT2D eigenvalue weighted by Crippen LogP contribution is -2.40. The van der Waals surface area contributed by atoms with Gasteiger partial charge in [0.25, 0.3) is 0 Å². The van der Waals surface area contributed by atoms with Crippen LogP contribution in [-0.4, -0.2) is 27.8 Å². The average molecular weight is 280 g/mol. The van der Waals surface area contributed by atoms with Gasteiger partial charge in [-0.2, -0.15) is 0 Å². The predicted molar refractivity (Wildman–Crippen MR) is 61.4 cm³/mol. The molecule has 0 aliphatic heterocycles. The summed E-state index contributed by atoms with van der Waals surface area (Å²) in [7, 11) is -0.470. The van der Waals surface area contributed by atoms with E-state index in [4.69, 9.17) is 8.85 Å². The molecule has 1 aromatic rings. The molecule has 0 bridgehead atoms. The summed E-state index contributed by atoms with van der Waals surface area (Å²) in [4.78, 5) is 9.75. The molecule has 0 fully saturated rings. The van der Waals surface area contributed by atoms with Gasteiger partial charge in [-0.3, -0.25) is 0 Å². The third-order valence-corrected chi connectivity index (χ3v) is 4.90. The molecule has 0 spiro atoms. The monoisotopic (exact) mass is 280 g/mol. The van der Waals surface area contributed by atoms with Crippen LogP contribution in [0.15, 0.2) is 12.1 Å². The Balaban J connectivity index is 2.60. The maximum Gasteiger partial charge on any atom is 0.497 e. The SMILES string of the molecule is CO[Si](O)(CCCc1cc(F)c(F)c(F)c1)OC. The van der Waals surface area contributed by atoms with Gasteiger partial charge in [0.05, 0.1) is 0 Å². The van der Waals surface area contributed by atoms with E-state index >= 15 is 0 Å². The molecule has 1 N–H and O–H groups in total. The highest BCUT2D eigenvalue weighted by molar-refractivity contribution is 6.59. The van der Waals surface area contributed by atoms with Gasteiger partial charge in [-0.05, 0) is 30.5 Å². The van der Waals surface area contributed by atoms with Gasteiger partial charge in [0, 0.05) is 20.3 Å². The minimum absolute atomic E-state index is 0.264. The second kappa shape index (κ2) is 6.33. The summed E-state index contributed by atoms with van der Waals surface area (Å²) in [5.74, 6) is -3.90. The summed E-state index contributed by atoms with van der Waals surface area (Å²) in [6.45, 7) is 0. The van der Waals surface area contributed by atoms with Crippen LogP contribution in [0.2, 0.25) is 6.04 Å². The number of hydrogen-bond donors (Lipinski definition) is 1. The number of halogens is 3. The topological polar surface area (TPSA) is 38.7 Å². The molecule has 0 saturated heterocycles. The molecule has 0 saturated carbocycles. The second-order valence-corrected chi connectivity index (χ2v) is 6.59. The summed E-state index contributed by atoms with van der Waals surface area (Å²) in [6.07, 6.45) is 0.727. The molecule has 1 aromatic carbocycles. The summed E-state index contributed by atoms with van der Waals surface area (Å²) in [6, 6.07) is 2.15. The molecule has 0 atom stereocenters. The lowest BCUT2D eigenvalue weighted by molar-refractivity contribution is 0.150. The Morgan fingerprint density at radius 2 is 1.61 bits per heavy atom. The van der Waals surface area contributed by atoms with E-state index in [0.717, 1.165) is 12.1 Å². The van der Waals surface area contributed by atoms with Gasteiger partial charge in [-0.15, -0.1) is 0 Å². The first kappa shape index (κ1) is 15.2. The van der Waals surface area contributed by atoms with Crippen LogP contribution in [0.4, 0.5) is 13.2 Å². The van der Waals surface area contributed by atoms with Gasteiger partial charge in [-0.25, -0.2) is 13.2 Å². The van der Waals surface area contributed by atoms with Gasteiger partial charge in [0.15, 0.2) is 17.5 Å². The van der Waals surface area contributed by atoms with E-state index in [0.29, 0.717) is 18.4 Å². The number of hydrogen-bond acceptors (Lipinski definition) is 3. The molecule has 18 heavy (non-hydrogen) atoms. The molecule has 0 aliphatic carbocycles. The summed E-state index contributed by atoms with van der Waals surface area (Å²) in [5.41, 5.74) is 0.329. The highest BCUT2D eigenvalue weighted by Crippen LogP contribution is 2.17. The lowest BCUT2D eigenvalue weighted by atomic mass is 10.1. The van der Waals surface area contributed by atoms with E-state index < -0.39 is 26.3 Å². The predicted octanol–water partition coefficient (Wildman–Crippen LogP) is 2.26. The van der Waals surface area contributed by atoms with Crippen molar-refractivity contribution in [2.75, 3.05) is 14.2 Å². The van der Waals surface area contributed by atoms with Crippen LogP contribution in [-0.2, 0) is 15.3 Å². The van der Waals surface area contributed by atoms with Crippen LogP contribution in [0.1, 0.15) is 12.0 Å². The van der Waals surface area contributed by atoms with Crippen molar-refractivity contribution in [3.8, 4) is 0 Å². The summed E-state index contributed by atoms with van der Waals surface area (Å²) >= 11 is 0. The molecular weight excluding hydrogens is 265 g/mol. The van der Waals surface area contributed by atoms with Crippen LogP contribution in [0, 0.1) is 17.5 Å². The molecule has 0 amide bonds. The highest BCUT2D eigenvalue weighted by atomic mass is 28.4. The van der Waals surface area contributed by atoms with Crippen molar-refractivity contribution in [2.24, 2.45) is 0 Å². The second-order valence-electron chi connectivity index (χ2n) is 3.85. The van der Waals surface area contributed by atoms with E-state index in [2.05, 4.69) is 0 Å². The van der Waals surface area contributed by atoms with Crippen molar-refractivity contribution in [1.82, 2.24) is 0 Å². The minimum atomic E-state index is -3.15. The minimum Gasteiger partial charge on any atom is -0.390 e. The summed E-state index contributed by atoms with van der Waals surface area (Å²) in [5, 5.41) is 0. The number of aryl methyl sites for hydroxylation is 1.